The van der Waals surface area contributed by atoms with Crippen molar-refractivity contribution in [2.45, 2.75) is 0 Å². The first kappa shape index (κ1) is 10.9. The molecule has 0 saturated carbocycles. The van der Waals surface area contributed by atoms with Gasteiger partial charge < -0.3 is 10.1 Å². The number of nitrogens with zero attached hydrogens (tertiary/aromatic N) is 1. The van der Waals surface area contributed by atoms with Crippen LogP contribution in [-0.4, -0.2) is 25.2 Å². The van der Waals surface area contributed by atoms with Gasteiger partial charge in [-0.2, -0.15) is 0 Å². The first-order valence-electron chi connectivity index (χ1n) is 4.57. The Labute approximate surface area is 101 Å². The van der Waals surface area contributed by atoms with Crippen molar-refractivity contribution in [2.24, 2.45) is 0 Å². The SMILES string of the molecule is COCCNc1ncc(Br)c2ccsc12. The molecule has 0 aromatic carbocycles. The molecule has 0 radical (unpaired) electrons. The quantitative estimate of drug-likeness (QED) is 0.877. The average Bonchev–Trinajstić information content (AvgIpc) is 2.71. The highest BCUT2D eigenvalue weighted by Crippen LogP contribution is 2.32. The number of thiophene rings is 1. The fourth-order valence-corrected chi connectivity index (χ4v) is 2.77. The molecule has 15 heavy (non-hydrogen) atoms. The van der Waals surface area contributed by atoms with Crippen LogP contribution < -0.4 is 5.32 Å². The zero-order valence-corrected chi connectivity index (χ0v) is 10.7. The second-order valence-corrected chi connectivity index (χ2v) is 4.81. The first-order chi connectivity index (χ1) is 7.33. The van der Waals surface area contributed by atoms with E-state index in [1.807, 2.05) is 6.20 Å². The number of hydrogen-bond donors (Lipinski definition) is 1. The van der Waals surface area contributed by atoms with Crippen molar-refractivity contribution in [3.8, 4) is 0 Å². The van der Waals surface area contributed by atoms with E-state index in [0.29, 0.717) is 6.61 Å². The molecule has 1 N–H and O–H groups in total. The standard InChI is InChI=1S/C10H11BrN2OS/c1-14-4-3-12-10-9-7(2-5-15-9)8(11)6-13-10/h2,5-6H,3-4H2,1H3,(H,12,13). The highest BCUT2D eigenvalue weighted by atomic mass is 79.9. The molecule has 0 aliphatic heterocycles. The lowest BCUT2D eigenvalue weighted by molar-refractivity contribution is 0.210. The fourth-order valence-electron chi connectivity index (χ4n) is 1.33. The van der Waals surface area contributed by atoms with Crippen LogP contribution >= 0.6 is 27.3 Å². The molecule has 0 unspecified atom stereocenters. The van der Waals surface area contributed by atoms with Gasteiger partial charge in [0.15, 0.2) is 0 Å². The second kappa shape index (κ2) is 4.92. The lowest BCUT2D eigenvalue weighted by atomic mass is 10.3. The predicted molar refractivity (Wildman–Crippen MR) is 67.7 cm³/mol. The maximum atomic E-state index is 4.98. The summed E-state index contributed by atoms with van der Waals surface area (Å²) in [5.41, 5.74) is 0. The van der Waals surface area contributed by atoms with Gasteiger partial charge in [-0.05, 0) is 27.4 Å². The minimum atomic E-state index is 0.685. The van der Waals surface area contributed by atoms with Crippen molar-refractivity contribution >= 4 is 43.2 Å². The van der Waals surface area contributed by atoms with Crippen LogP contribution in [0.5, 0.6) is 0 Å². The van der Waals surface area contributed by atoms with E-state index in [0.717, 1.165) is 16.8 Å². The molecule has 2 heterocycles. The molecule has 0 saturated heterocycles. The molecule has 0 spiro atoms. The molecule has 0 atom stereocenters. The molecule has 5 heteroatoms. The van der Waals surface area contributed by atoms with E-state index in [4.69, 9.17) is 4.74 Å². The number of pyridine rings is 1. The van der Waals surface area contributed by atoms with Crippen LogP contribution in [0.4, 0.5) is 5.82 Å². The number of halogens is 1. The van der Waals surface area contributed by atoms with Gasteiger partial charge in [0.1, 0.15) is 5.82 Å². The summed E-state index contributed by atoms with van der Waals surface area (Å²) in [5, 5.41) is 6.53. The molecule has 0 fully saturated rings. The summed E-state index contributed by atoms with van der Waals surface area (Å²) in [7, 11) is 1.69. The zero-order chi connectivity index (χ0) is 10.7. The Bertz CT molecular complexity index is 458. The van der Waals surface area contributed by atoms with Gasteiger partial charge in [-0.25, -0.2) is 4.98 Å². The number of ether oxygens (including phenoxy) is 1. The van der Waals surface area contributed by atoms with E-state index in [9.17, 15) is 0 Å². The average molecular weight is 287 g/mol. The summed E-state index contributed by atoms with van der Waals surface area (Å²) in [6.07, 6.45) is 1.82. The van der Waals surface area contributed by atoms with Gasteiger partial charge in [-0.3, -0.25) is 0 Å². The third-order valence-corrected chi connectivity index (χ3v) is 3.60. The third-order valence-electron chi connectivity index (χ3n) is 2.04. The van der Waals surface area contributed by atoms with Gasteiger partial charge in [0.05, 0.1) is 11.3 Å². The molecular formula is C10H11BrN2OS. The predicted octanol–water partition coefficient (Wildman–Crippen LogP) is 3.12. The number of anilines is 1. The van der Waals surface area contributed by atoms with Crippen molar-refractivity contribution in [3.05, 3.63) is 22.1 Å². The van der Waals surface area contributed by atoms with Gasteiger partial charge >= 0.3 is 0 Å². The van der Waals surface area contributed by atoms with Gasteiger partial charge in [0.2, 0.25) is 0 Å². The van der Waals surface area contributed by atoms with Crippen LogP contribution in [0.25, 0.3) is 10.1 Å². The van der Waals surface area contributed by atoms with E-state index >= 15 is 0 Å². The van der Waals surface area contributed by atoms with Gasteiger partial charge in [-0.15, -0.1) is 11.3 Å². The summed E-state index contributed by atoms with van der Waals surface area (Å²) in [6.45, 7) is 1.46. The molecule has 3 nitrogen and oxygen atoms in total. The van der Waals surface area contributed by atoms with E-state index in [1.165, 1.54) is 10.1 Å². The Morgan fingerprint density at radius 2 is 2.47 bits per heavy atom. The number of nitrogens with one attached hydrogen (secondary N) is 1. The Balaban J connectivity index is 2.27. The van der Waals surface area contributed by atoms with Crippen LogP contribution in [0, 0.1) is 0 Å². The lowest BCUT2D eigenvalue weighted by Crippen LogP contribution is -2.08. The topological polar surface area (TPSA) is 34.1 Å². The van der Waals surface area contributed by atoms with Crippen LogP contribution in [0.3, 0.4) is 0 Å². The van der Waals surface area contributed by atoms with Crippen molar-refractivity contribution in [1.82, 2.24) is 4.98 Å². The fraction of sp³-hybridized carbons (Fsp3) is 0.300. The summed E-state index contributed by atoms with van der Waals surface area (Å²) < 4.78 is 7.20. The van der Waals surface area contributed by atoms with Crippen LogP contribution in [0.2, 0.25) is 0 Å². The van der Waals surface area contributed by atoms with E-state index in [-0.39, 0.29) is 0 Å². The van der Waals surface area contributed by atoms with Gasteiger partial charge in [0.25, 0.3) is 0 Å². The molecule has 0 amide bonds. The summed E-state index contributed by atoms with van der Waals surface area (Å²) >= 11 is 5.17. The minimum Gasteiger partial charge on any atom is -0.383 e. The van der Waals surface area contributed by atoms with Crippen LogP contribution in [-0.2, 0) is 4.74 Å². The maximum Gasteiger partial charge on any atom is 0.144 e. The molecule has 0 aliphatic rings. The minimum absolute atomic E-state index is 0.685. The number of methoxy groups -OCH3 is 1. The molecule has 2 rings (SSSR count). The van der Waals surface area contributed by atoms with E-state index in [1.54, 1.807) is 18.4 Å². The Morgan fingerprint density at radius 1 is 1.60 bits per heavy atom. The van der Waals surface area contributed by atoms with Crippen molar-refractivity contribution in [2.75, 3.05) is 25.6 Å². The molecule has 0 bridgehead atoms. The summed E-state index contributed by atoms with van der Waals surface area (Å²) in [4.78, 5) is 4.35. The van der Waals surface area contributed by atoms with Gasteiger partial charge in [0, 0.05) is 29.7 Å². The lowest BCUT2D eigenvalue weighted by Gasteiger charge is -2.06. The Hall–Kier alpha value is -0.650. The van der Waals surface area contributed by atoms with E-state index < -0.39 is 0 Å². The summed E-state index contributed by atoms with van der Waals surface area (Å²) in [5.74, 6) is 0.931. The Morgan fingerprint density at radius 3 is 3.27 bits per heavy atom. The number of aromatic nitrogens is 1. The second-order valence-electron chi connectivity index (χ2n) is 3.04. The van der Waals surface area contributed by atoms with E-state index in [2.05, 4.69) is 37.7 Å². The maximum absolute atomic E-state index is 4.98. The van der Waals surface area contributed by atoms with Crippen molar-refractivity contribution in [1.29, 1.82) is 0 Å². The van der Waals surface area contributed by atoms with Crippen molar-refractivity contribution < 1.29 is 4.74 Å². The highest BCUT2D eigenvalue weighted by Gasteiger charge is 2.06. The normalized spacial score (nSPS) is 10.8. The largest absolute Gasteiger partial charge is 0.383 e. The molecule has 80 valence electrons. The molecule has 0 aliphatic carbocycles. The first-order valence-corrected chi connectivity index (χ1v) is 6.24. The Kier molecular flexibility index (Phi) is 3.56. The van der Waals surface area contributed by atoms with Crippen molar-refractivity contribution in [3.63, 3.8) is 0 Å². The molecular weight excluding hydrogens is 276 g/mol. The zero-order valence-electron chi connectivity index (χ0n) is 8.29. The summed E-state index contributed by atoms with van der Waals surface area (Å²) in [6, 6.07) is 2.09. The van der Waals surface area contributed by atoms with Gasteiger partial charge in [-0.1, -0.05) is 0 Å². The smallest absolute Gasteiger partial charge is 0.144 e. The van der Waals surface area contributed by atoms with Crippen LogP contribution in [0.1, 0.15) is 0 Å². The number of rotatable bonds is 4. The highest BCUT2D eigenvalue weighted by molar-refractivity contribution is 9.10. The third kappa shape index (κ3) is 2.30. The number of hydrogen-bond acceptors (Lipinski definition) is 4. The monoisotopic (exact) mass is 286 g/mol. The molecule has 2 aromatic heterocycles. The van der Waals surface area contributed by atoms with Crippen LogP contribution in [0.15, 0.2) is 22.1 Å². The molecule has 2 aromatic rings. The number of fused-ring (bicyclic) bond motifs is 1.